The van der Waals surface area contributed by atoms with E-state index in [1.165, 1.54) is 25.7 Å². The second kappa shape index (κ2) is 7.73. The van der Waals surface area contributed by atoms with Crippen LogP contribution in [-0.2, 0) is 6.54 Å². The van der Waals surface area contributed by atoms with Crippen LogP contribution in [0.2, 0.25) is 0 Å². The standard InChI is InChI=1S/C20H24N6O/c1-2-9-25-14-18(7-8-19(25)27)26-13-16(12-23-26)15-10-21-20(22-11-15)24-17-5-3-4-6-17/h7-8,10-14,17H,2-6,9H2,1H3,(H,21,22,24). The third kappa shape index (κ3) is 3.92. The summed E-state index contributed by atoms with van der Waals surface area (Å²) in [6.45, 7) is 2.75. The third-order valence-electron chi connectivity index (χ3n) is 4.95. The van der Waals surface area contributed by atoms with Crippen molar-refractivity contribution in [2.75, 3.05) is 5.32 Å². The lowest BCUT2D eigenvalue weighted by Crippen LogP contribution is -2.19. The average Bonchev–Trinajstić information content (AvgIpc) is 3.37. The molecule has 0 saturated heterocycles. The zero-order chi connectivity index (χ0) is 18.6. The van der Waals surface area contributed by atoms with Crippen LogP contribution in [0.15, 0.2) is 47.9 Å². The van der Waals surface area contributed by atoms with Crippen molar-refractivity contribution in [3.05, 3.63) is 53.5 Å². The minimum atomic E-state index is 0.00623. The van der Waals surface area contributed by atoms with Gasteiger partial charge in [-0.2, -0.15) is 5.10 Å². The molecule has 4 rings (SSSR count). The monoisotopic (exact) mass is 364 g/mol. The van der Waals surface area contributed by atoms with Gasteiger partial charge in [-0.1, -0.05) is 19.8 Å². The Morgan fingerprint density at radius 1 is 1.07 bits per heavy atom. The van der Waals surface area contributed by atoms with E-state index >= 15 is 0 Å². The Kier molecular flexibility index (Phi) is 5.00. The average molecular weight is 364 g/mol. The first kappa shape index (κ1) is 17.5. The number of aromatic nitrogens is 5. The number of hydrogen-bond acceptors (Lipinski definition) is 5. The summed E-state index contributed by atoms with van der Waals surface area (Å²) in [4.78, 5) is 20.8. The molecule has 1 aliphatic carbocycles. The van der Waals surface area contributed by atoms with Gasteiger partial charge in [0.15, 0.2) is 0 Å². The molecule has 1 aliphatic rings. The van der Waals surface area contributed by atoms with Crippen LogP contribution in [-0.4, -0.2) is 30.4 Å². The van der Waals surface area contributed by atoms with Crippen molar-refractivity contribution in [2.24, 2.45) is 0 Å². The van der Waals surface area contributed by atoms with Crippen molar-refractivity contribution in [1.29, 1.82) is 0 Å². The van der Waals surface area contributed by atoms with Crippen LogP contribution >= 0.6 is 0 Å². The molecule has 7 heteroatoms. The molecule has 1 saturated carbocycles. The molecule has 0 atom stereocenters. The molecule has 3 aromatic rings. The molecule has 0 spiro atoms. The topological polar surface area (TPSA) is 77.6 Å². The summed E-state index contributed by atoms with van der Waals surface area (Å²) in [7, 11) is 0. The van der Waals surface area contributed by atoms with Crippen LogP contribution in [0.25, 0.3) is 16.8 Å². The molecule has 0 bridgehead atoms. The summed E-state index contributed by atoms with van der Waals surface area (Å²) in [6, 6.07) is 3.87. The number of aryl methyl sites for hydroxylation is 1. The molecule has 27 heavy (non-hydrogen) atoms. The van der Waals surface area contributed by atoms with Gasteiger partial charge in [0.2, 0.25) is 5.95 Å². The molecule has 0 amide bonds. The zero-order valence-electron chi connectivity index (χ0n) is 15.5. The second-order valence-corrected chi connectivity index (χ2v) is 7.01. The van der Waals surface area contributed by atoms with Crippen molar-refractivity contribution < 1.29 is 0 Å². The summed E-state index contributed by atoms with van der Waals surface area (Å²) in [5.74, 6) is 0.685. The third-order valence-corrected chi connectivity index (χ3v) is 4.95. The van der Waals surface area contributed by atoms with Crippen LogP contribution in [0.4, 0.5) is 5.95 Å². The molecule has 0 aliphatic heterocycles. The first-order valence-electron chi connectivity index (χ1n) is 9.57. The number of pyridine rings is 1. The Bertz CT molecular complexity index is 953. The number of hydrogen-bond donors (Lipinski definition) is 1. The molecule has 3 heterocycles. The minimum Gasteiger partial charge on any atom is -0.351 e. The van der Waals surface area contributed by atoms with Gasteiger partial charge in [0.1, 0.15) is 0 Å². The Labute approximate surface area is 158 Å². The van der Waals surface area contributed by atoms with Gasteiger partial charge in [0, 0.05) is 54.6 Å². The Balaban J connectivity index is 1.52. The maximum absolute atomic E-state index is 11.9. The smallest absolute Gasteiger partial charge is 0.250 e. The van der Waals surface area contributed by atoms with Gasteiger partial charge in [-0.25, -0.2) is 14.6 Å². The highest BCUT2D eigenvalue weighted by Gasteiger charge is 2.15. The van der Waals surface area contributed by atoms with E-state index in [1.54, 1.807) is 27.6 Å². The lowest BCUT2D eigenvalue weighted by atomic mass is 10.2. The minimum absolute atomic E-state index is 0.00623. The highest BCUT2D eigenvalue weighted by atomic mass is 16.1. The summed E-state index contributed by atoms with van der Waals surface area (Å²) < 4.78 is 3.48. The van der Waals surface area contributed by atoms with E-state index in [4.69, 9.17) is 0 Å². The molecular weight excluding hydrogens is 340 g/mol. The Morgan fingerprint density at radius 3 is 2.59 bits per heavy atom. The number of nitrogens with zero attached hydrogens (tertiary/aromatic N) is 5. The maximum Gasteiger partial charge on any atom is 0.250 e. The van der Waals surface area contributed by atoms with Crippen LogP contribution in [0.3, 0.4) is 0 Å². The fourth-order valence-corrected chi connectivity index (χ4v) is 3.49. The van der Waals surface area contributed by atoms with Crippen molar-refractivity contribution >= 4 is 5.95 Å². The summed E-state index contributed by atoms with van der Waals surface area (Å²) >= 11 is 0. The highest BCUT2D eigenvalue weighted by molar-refractivity contribution is 5.60. The molecule has 7 nitrogen and oxygen atoms in total. The first-order chi connectivity index (χ1) is 13.2. The van der Waals surface area contributed by atoms with E-state index in [-0.39, 0.29) is 5.56 Å². The Morgan fingerprint density at radius 2 is 1.85 bits per heavy atom. The fourth-order valence-electron chi connectivity index (χ4n) is 3.49. The molecule has 1 N–H and O–H groups in total. The van der Waals surface area contributed by atoms with Crippen LogP contribution < -0.4 is 10.9 Å². The molecule has 1 fully saturated rings. The summed E-state index contributed by atoms with van der Waals surface area (Å²) in [5, 5.41) is 7.83. The van der Waals surface area contributed by atoms with Gasteiger partial charge in [-0.15, -0.1) is 0 Å². The Hall–Kier alpha value is -2.96. The maximum atomic E-state index is 11.9. The predicted octanol–water partition coefficient (Wildman–Crippen LogP) is 3.26. The number of rotatable bonds is 6. The second-order valence-electron chi connectivity index (χ2n) is 7.01. The normalized spacial score (nSPS) is 14.6. The molecule has 0 unspecified atom stereocenters. The number of anilines is 1. The predicted molar refractivity (Wildman–Crippen MR) is 105 cm³/mol. The van der Waals surface area contributed by atoms with E-state index in [1.807, 2.05) is 24.8 Å². The van der Waals surface area contributed by atoms with E-state index in [2.05, 4.69) is 27.3 Å². The van der Waals surface area contributed by atoms with Gasteiger partial charge >= 0.3 is 0 Å². The molecule has 0 radical (unpaired) electrons. The molecule has 3 aromatic heterocycles. The largest absolute Gasteiger partial charge is 0.351 e. The molecular formula is C20H24N6O. The first-order valence-corrected chi connectivity index (χ1v) is 9.57. The summed E-state index contributed by atoms with van der Waals surface area (Å²) in [6.07, 6.45) is 15.1. The summed E-state index contributed by atoms with van der Waals surface area (Å²) in [5.41, 5.74) is 2.72. The lowest BCUT2D eigenvalue weighted by Gasteiger charge is -2.11. The van der Waals surface area contributed by atoms with Gasteiger partial charge < -0.3 is 9.88 Å². The van der Waals surface area contributed by atoms with Crippen molar-refractivity contribution in [3.63, 3.8) is 0 Å². The quantitative estimate of drug-likeness (QED) is 0.726. The molecule has 140 valence electrons. The van der Waals surface area contributed by atoms with E-state index < -0.39 is 0 Å². The van der Waals surface area contributed by atoms with E-state index in [0.717, 1.165) is 23.2 Å². The number of nitrogens with one attached hydrogen (secondary N) is 1. The van der Waals surface area contributed by atoms with Crippen LogP contribution in [0, 0.1) is 0 Å². The van der Waals surface area contributed by atoms with Crippen LogP contribution in [0.5, 0.6) is 0 Å². The van der Waals surface area contributed by atoms with Crippen molar-refractivity contribution in [2.45, 2.75) is 51.6 Å². The zero-order valence-corrected chi connectivity index (χ0v) is 15.5. The van der Waals surface area contributed by atoms with Gasteiger partial charge in [-0.3, -0.25) is 4.79 Å². The van der Waals surface area contributed by atoms with Gasteiger partial charge in [-0.05, 0) is 25.3 Å². The van der Waals surface area contributed by atoms with E-state index in [0.29, 0.717) is 18.5 Å². The van der Waals surface area contributed by atoms with Gasteiger partial charge in [0.05, 0.1) is 11.9 Å². The van der Waals surface area contributed by atoms with Crippen molar-refractivity contribution in [1.82, 2.24) is 24.3 Å². The van der Waals surface area contributed by atoms with Gasteiger partial charge in [0.25, 0.3) is 5.56 Å². The van der Waals surface area contributed by atoms with Crippen LogP contribution in [0.1, 0.15) is 39.0 Å². The lowest BCUT2D eigenvalue weighted by molar-refractivity contribution is 0.648. The molecule has 0 aromatic carbocycles. The van der Waals surface area contributed by atoms with E-state index in [9.17, 15) is 4.79 Å². The van der Waals surface area contributed by atoms with Crippen molar-refractivity contribution in [3.8, 4) is 16.8 Å². The fraction of sp³-hybridized carbons (Fsp3) is 0.400. The highest BCUT2D eigenvalue weighted by Crippen LogP contribution is 2.22. The SMILES string of the molecule is CCCn1cc(-n2cc(-c3cnc(NC4CCCC4)nc3)cn2)ccc1=O.